The number of rotatable bonds is 61. The van der Waals surface area contributed by atoms with E-state index >= 15 is 0 Å². The molecule has 0 rings (SSSR count). The van der Waals surface area contributed by atoms with Crippen LogP contribution in [0.3, 0.4) is 0 Å². The van der Waals surface area contributed by atoms with E-state index < -0.39 is 32.5 Å². The Hall–Kier alpha value is -3.33. The lowest BCUT2D eigenvalue weighted by atomic mass is 10.0. The average molecular weight is 1160 g/mol. The van der Waals surface area contributed by atoms with Gasteiger partial charge in [-0.05, 0) is 103 Å². The third kappa shape index (κ3) is 65.8. The van der Waals surface area contributed by atoms with Gasteiger partial charge in [-0.25, -0.2) is 0 Å². The fraction of sp³-hybridized carbons (Fsp3) is 0.722. The van der Waals surface area contributed by atoms with Crippen LogP contribution in [0.2, 0.25) is 0 Å². The van der Waals surface area contributed by atoms with E-state index in [9.17, 15) is 19.0 Å². The molecule has 9 nitrogen and oxygen atoms in total. The number of hydrogen-bond donors (Lipinski definition) is 0. The lowest BCUT2D eigenvalue weighted by Crippen LogP contribution is -2.37. The highest BCUT2D eigenvalue weighted by atomic mass is 31.2. The molecule has 0 radical (unpaired) electrons. The number of carbonyl (C=O) groups is 2. The van der Waals surface area contributed by atoms with Gasteiger partial charge in [0.2, 0.25) is 0 Å². The van der Waals surface area contributed by atoms with Crippen LogP contribution in [-0.4, -0.2) is 70.0 Å². The number of quaternary nitrogens is 1. The van der Waals surface area contributed by atoms with Crippen LogP contribution in [-0.2, 0) is 32.7 Å². The molecule has 0 saturated carbocycles. The Kier molecular flexibility index (Phi) is 59.7. The Morgan fingerprint density at radius 2 is 0.695 bits per heavy atom. The summed E-state index contributed by atoms with van der Waals surface area (Å²) in [5.74, 6) is -0.869. The molecule has 0 spiro atoms. The highest BCUT2D eigenvalue weighted by Gasteiger charge is 2.22. The summed E-state index contributed by atoms with van der Waals surface area (Å²) in [4.78, 5) is 38.0. The Bertz CT molecular complexity index is 1750. The molecule has 0 saturated heterocycles. The number of nitrogens with zero attached hydrogens (tertiary/aromatic N) is 1. The molecule has 0 heterocycles. The van der Waals surface area contributed by atoms with Crippen molar-refractivity contribution in [2.75, 3.05) is 47.5 Å². The van der Waals surface area contributed by atoms with Crippen LogP contribution >= 0.6 is 7.82 Å². The Morgan fingerprint density at radius 3 is 1.05 bits per heavy atom. The molecule has 2 unspecified atom stereocenters. The Balaban J connectivity index is 4.10. The van der Waals surface area contributed by atoms with Crippen molar-refractivity contribution >= 4 is 19.8 Å². The molecular formula is C72H126NO8P. The van der Waals surface area contributed by atoms with Gasteiger partial charge in [-0.3, -0.25) is 14.2 Å². The first-order chi connectivity index (χ1) is 40.0. The average Bonchev–Trinajstić information content (AvgIpc) is 3.46. The van der Waals surface area contributed by atoms with E-state index in [-0.39, 0.29) is 26.1 Å². The topological polar surface area (TPSA) is 111 Å². The second-order valence-electron chi connectivity index (χ2n) is 23.5. The lowest BCUT2D eigenvalue weighted by molar-refractivity contribution is -0.870. The standard InChI is InChI=1S/C72H126NO8P/c1-6-8-10-12-14-16-18-20-22-24-26-28-30-32-33-34-35-36-37-38-39-41-42-44-46-48-50-52-54-56-58-60-62-64-71(74)78-68-70(69-80-82(76,77)79-67-66-73(3,4)5)81-72(75)65-63-61-59-57-55-53-51-49-47-45-43-40-31-29-27-25-23-21-19-17-15-13-11-9-7-2/h9,11,15,17-18,20-21,23-24,26-27,29,40,43,47,49,53,55,70H,6-8,10,12-14,16,19,22,25,28,30-39,41-42,44-46,48,50-52,54,56-69H2,1-5H3/b11-9-,17-15-,20-18-,23-21-,26-24-,29-27-,43-40-,49-47-,55-53-. The van der Waals surface area contributed by atoms with Gasteiger partial charge in [0.25, 0.3) is 7.82 Å². The summed E-state index contributed by atoms with van der Waals surface area (Å²) in [6.45, 7) is 4.09. The first kappa shape index (κ1) is 78.7. The number of phosphoric acid groups is 1. The van der Waals surface area contributed by atoms with Crippen molar-refractivity contribution in [2.24, 2.45) is 0 Å². The molecule has 472 valence electrons. The minimum Gasteiger partial charge on any atom is -0.756 e. The number of unbranched alkanes of at least 4 members (excludes halogenated alkanes) is 29. The molecule has 0 bridgehead atoms. The zero-order chi connectivity index (χ0) is 59.8. The largest absolute Gasteiger partial charge is 0.756 e. The maximum Gasteiger partial charge on any atom is 0.306 e. The van der Waals surface area contributed by atoms with Crippen LogP contribution < -0.4 is 4.89 Å². The van der Waals surface area contributed by atoms with Crippen LogP contribution in [0.25, 0.3) is 0 Å². The van der Waals surface area contributed by atoms with E-state index in [1.165, 1.54) is 161 Å². The van der Waals surface area contributed by atoms with Gasteiger partial charge in [-0.1, -0.05) is 277 Å². The van der Waals surface area contributed by atoms with E-state index in [0.717, 1.165) is 89.9 Å². The minimum atomic E-state index is -4.66. The van der Waals surface area contributed by atoms with Crippen molar-refractivity contribution in [3.05, 3.63) is 109 Å². The van der Waals surface area contributed by atoms with Crippen molar-refractivity contribution in [3.8, 4) is 0 Å². The third-order valence-corrected chi connectivity index (χ3v) is 15.2. The predicted octanol–water partition coefficient (Wildman–Crippen LogP) is 21.1. The van der Waals surface area contributed by atoms with E-state index in [4.69, 9.17) is 18.5 Å². The maximum atomic E-state index is 12.8. The predicted molar refractivity (Wildman–Crippen MR) is 351 cm³/mol. The number of likely N-dealkylation sites (N-methyl/N-ethyl adjacent to an activating group) is 1. The molecule has 82 heavy (non-hydrogen) atoms. The molecular weight excluding hydrogens is 1040 g/mol. The highest BCUT2D eigenvalue weighted by Crippen LogP contribution is 2.38. The number of phosphoric ester groups is 1. The van der Waals surface area contributed by atoms with Gasteiger partial charge >= 0.3 is 11.9 Å². The van der Waals surface area contributed by atoms with Gasteiger partial charge < -0.3 is 27.9 Å². The van der Waals surface area contributed by atoms with E-state index in [2.05, 4.69) is 123 Å². The van der Waals surface area contributed by atoms with Crippen molar-refractivity contribution in [1.29, 1.82) is 0 Å². The first-order valence-corrected chi connectivity index (χ1v) is 35.1. The van der Waals surface area contributed by atoms with Crippen molar-refractivity contribution < 1.29 is 42.1 Å². The number of esters is 2. The highest BCUT2D eigenvalue weighted by molar-refractivity contribution is 7.45. The molecule has 0 aromatic carbocycles. The fourth-order valence-electron chi connectivity index (χ4n) is 9.14. The molecule has 0 aliphatic carbocycles. The summed E-state index contributed by atoms with van der Waals surface area (Å²) in [5.41, 5.74) is 0. The number of carbonyl (C=O) groups excluding carboxylic acids is 2. The quantitative estimate of drug-likeness (QED) is 0.0195. The second kappa shape index (κ2) is 62.2. The molecule has 10 heteroatoms. The SMILES string of the molecule is CC/C=C\C/C=C\C/C=C\C/C=C\C/C=C\C/C=C\C/C=C\CCCCCC(=O)OC(COC(=O)CCCCCCCCCCCCCCCCCCCCCCC/C=C\C/C=C\CCCCCCC)COP(=O)([O-])OCC[N+](C)(C)C. The summed E-state index contributed by atoms with van der Waals surface area (Å²) >= 11 is 0. The molecule has 0 aliphatic heterocycles. The zero-order valence-corrected chi connectivity index (χ0v) is 54.6. The van der Waals surface area contributed by atoms with Gasteiger partial charge in [-0.2, -0.15) is 0 Å². The molecule has 0 N–H and O–H groups in total. The van der Waals surface area contributed by atoms with E-state index in [0.29, 0.717) is 17.4 Å². The van der Waals surface area contributed by atoms with Crippen molar-refractivity contribution in [1.82, 2.24) is 0 Å². The molecule has 0 amide bonds. The monoisotopic (exact) mass is 1160 g/mol. The minimum absolute atomic E-state index is 0.0422. The summed E-state index contributed by atoms with van der Waals surface area (Å²) in [6.07, 6.45) is 87.4. The van der Waals surface area contributed by atoms with Gasteiger partial charge in [0.05, 0.1) is 27.7 Å². The smallest absolute Gasteiger partial charge is 0.306 e. The van der Waals surface area contributed by atoms with Gasteiger partial charge in [0.15, 0.2) is 6.10 Å². The Labute approximate surface area is 506 Å². The molecule has 0 aliphatic rings. The van der Waals surface area contributed by atoms with Gasteiger partial charge in [0.1, 0.15) is 19.8 Å². The maximum absolute atomic E-state index is 12.8. The normalized spacial score (nSPS) is 13.9. The van der Waals surface area contributed by atoms with Crippen LogP contribution in [0.4, 0.5) is 0 Å². The van der Waals surface area contributed by atoms with E-state index in [1.807, 2.05) is 21.1 Å². The molecule has 2 atom stereocenters. The van der Waals surface area contributed by atoms with Crippen LogP contribution in [0.15, 0.2) is 109 Å². The summed E-state index contributed by atoms with van der Waals surface area (Å²) < 4.78 is 34.2. The third-order valence-electron chi connectivity index (χ3n) is 14.3. The summed E-state index contributed by atoms with van der Waals surface area (Å²) in [7, 11) is 1.14. The van der Waals surface area contributed by atoms with Gasteiger partial charge in [0, 0.05) is 12.8 Å². The molecule has 0 aromatic heterocycles. The number of allylic oxidation sites excluding steroid dienone is 18. The van der Waals surface area contributed by atoms with Crippen LogP contribution in [0.5, 0.6) is 0 Å². The van der Waals surface area contributed by atoms with E-state index in [1.54, 1.807) is 0 Å². The van der Waals surface area contributed by atoms with Crippen molar-refractivity contribution in [2.45, 2.75) is 290 Å². The first-order valence-electron chi connectivity index (χ1n) is 33.6. The summed E-state index contributed by atoms with van der Waals surface area (Å²) in [5, 5.41) is 0. The molecule has 0 aromatic rings. The number of hydrogen-bond acceptors (Lipinski definition) is 8. The Morgan fingerprint density at radius 1 is 0.390 bits per heavy atom. The lowest BCUT2D eigenvalue weighted by Gasteiger charge is -2.28. The van der Waals surface area contributed by atoms with Gasteiger partial charge in [-0.15, -0.1) is 0 Å². The molecule has 0 fully saturated rings. The van der Waals surface area contributed by atoms with Crippen molar-refractivity contribution in [3.63, 3.8) is 0 Å². The fourth-order valence-corrected chi connectivity index (χ4v) is 9.87. The zero-order valence-electron chi connectivity index (χ0n) is 53.7. The number of ether oxygens (including phenoxy) is 2. The van der Waals surface area contributed by atoms with Crippen LogP contribution in [0.1, 0.15) is 284 Å². The summed E-state index contributed by atoms with van der Waals surface area (Å²) in [6, 6.07) is 0. The van der Waals surface area contributed by atoms with Crippen LogP contribution in [0, 0.1) is 0 Å². The second-order valence-corrected chi connectivity index (χ2v) is 24.9.